The number of amidine groups is 1. The molecule has 1 fully saturated rings. The molecule has 1 aliphatic rings. The van der Waals surface area contributed by atoms with Gasteiger partial charge in [-0.05, 0) is 6.42 Å². The van der Waals surface area contributed by atoms with Gasteiger partial charge in [0.25, 0.3) is 0 Å². The third-order valence-corrected chi connectivity index (χ3v) is 5.44. The van der Waals surface area contributed by atoms with Crippen molar-refractivity contribution in [3.05, 3.63) is 0 Å². The number of hydrogen-bond acceptors (Lipinski definition) is 5. The van der Waals surface area contributed by atoms with Gasteiger partial charge in [0.1, 0.15) is 5.84 Å². The first-order valence-corrected chi connectivity index (χ1v) is 7.85. The zero-order chi connectivity index (χ0) is 11.8. The molecule has 1 rings (SSSR count). The summed E-state index contributed by atoms with van der Waals surface area (Å²) < 4.78 is 0. The first kappa shape index (κ1) is 14.0. The van der Waals surface area contributed by atoms with E-state index in [1.807, 2.05) is 23.5 Å². The number of nitrogens with one attached hydrogen (secondary N) is 1. The van der Waals surface area contributed by atoms with Gasteiger partial charge in [0.05, 0.1) is 0 Å². The summed E-state index contributed by atoms with van der Waals surface area (Å²) in [4.78, 5) is 0. The number of thioether (sulfide) groups is 2. The van der Waals surface area contributed by atoms with Crippen LogP contribution in [0.4, 0.5) is 0 Å². The maximum absolute atomic E-state index is 8.52. The van der Waals surface area contributed by atoms with Crippen LogP contribution in [0.5, 0.6) is 0 Å². The minimum absolute atomic E-state index is 0.310. The van der Waals surface area contributed by atoms with Crippen LogP contribution < -0.4 is 11.1 Å². The first-order valence-electron chi connectivity index (χ1n) is 5.65. The van der Waals surface area contributed by atoms with Gasteiger partial charge in [0, 0.05) is 41.5 Å². The molecule has 1 aliphatic heterocycles. The molecule has 0 aromatic rings. The fourth-order valence-electron chi connectivity index (χ4n) is 1.61. The Labute approximate surface area is 106 Å². The molecule has 4 nitrogen and oxygen atoms in total. The minimum Gasteiger partial charge on any atom is -0.409 e. The molecular weight excluding hydrogens is 242 g/mol. The standard InChI is InChI=1S/C10H21N3OS2/c1-2-8(5-10(11)13-14)12-6-9-7-15-3-4-16-9/h8-9,12,14H,2-7H2,1H3,(H2,11,13). The van der Waals surface area contributed by atoms with Gasteiger partial charge in [-0.2, -0.15) is 23.5 Å². The number of nitrogens with zero attached hydrogens (tertiary/aromatic N) is 1. The molecule has 0 aliphatic carbocycles. The van der Waals surface area contributed by atoms with Crippen LogP contribution in [0.15, 0.2) is 5.16 Å². The maximum atomic E-state index is 8.52. The Morgan fingerprint density at radius 3 is 3.00 bits per heavy atom. The van der Waals surface area contributed by atoms with Gasteiger partial charge in [-0.25, -0.2) is 0 Å². The van der Waals surface area contributed by atoms with Crippen molar-refractivity contribution in [1.29, 1.82) is 0 Å². The normalized spacial score (nSPS) is 24.3. The Morgan fingerprint density at radius 1 is 1.62 bits per heavy atom. The summed E-state index contributed by atoms with van der Waals surface area (Å²) in [6.45, 7) is 3.14. The predicted octanol–water partition coefficient (Wildman–Crippen LogP) is 1.34. The molecule has 0 saturated carbocycles. The molecule has 0 bridgehead atoms. The van der Waals surface area contributed by atoms with Crippen LogP contribution in [0.1, 0.15) is 19.8 Å². The lowest BCUT2D eigenvalue weighted by molar-refractivity contribution is 0.315. The molecular formula is C10H21N3OS2. The molecule has 1 heterocycles. The monoisotopic (exact) mass is 263 g/mol. The van der Waals surface area contributed by atoms with Gasteiger partial charge in [0.2, 0.25) is 0 Å². The first-order chi connectivity index (χ1) is 7.76. The van der Waals surface area contributed by atoms with Crippen LogP contribution in [0, 0.1) is 0 Å². The summed E-state index contributed by atoms with van der Waals surface area (Å²) in [6.07, 6.45) is 1.62. The number of rotatable bonds is 6. The third kappa shape index (κ3) is 5.32. The fourth-order valence-corrected chi connectivity index (χ4v) is 4.23. The van der Waals surface area contributed by atoms with Crippen molar-refractivity contribution in [2.45, 2.75) is 31.1 Å². The molecule has 0 aromatic carbocycles. The van der Waals surface area contributed by atoms with Crippen LogP contribution in [-0.4, -0.2) is 46.1 Å². The molecule has 2 atom stereocenters. The van der Waals surface area contributed by atoms with Gasteiger partial charge in [-0.15, -0.1) is 0 Å². The molecule has 4 N–H and O–H groups in total. The lowest BCUT2D eigenvalue weighted by atomic mass is 10.1. The average Bonchev–Trinajstić information content (AvgIpc) is 2.35. The highest BCUT2D eigenvalue weighted by Gasteiger charge is 2.16. The van der Waals surface area contributed by atoms with Crippen molar-refractivity contribution >= 4 is 29.4 Å². The van der Waals surface area contributed by atoms with Crippen LogP contribution in [0.25, 0.3) is 0 Å². The second-order valence-electron chi connectivity index (χ2n) is 3.88. The summed E-state index contributed by atoms with van der Waals surface area (Å²) in [5, 5.41) is 15.7. The van der Waals surface area contributed by atoms with E-state index in [1.54, 1.807) is 0 Å². The van der Waals surface area contributed by atoms with Gasteiger partial charge < -0.3 is 16.3 Å². The zero-order valence-corrected chi connectivity index (χ0v) is 11.3. The second-order valence-corrected chi connectivity index (χ2v) is 6.43. The van der Waals surface area contributed by atoms with Gasteiger partial charge in [0.15, 0.2) is 0 Å². The molecule has 0 spiro atoms. The van der Waals surface area contributed by atoms with E-state index in [0.717, 1.165) is 13.0 Å². The molecule has 0 aromatic heterocycles. The van der Waals surface area contributed by atoms with Crippen LogP contribution in [-0.2, 0) is 0 Å². The van der Waals surface area contributed by atoms with Crippen molar-refractivity contribution in [1.82, 2.24) is 5.32 Å². The van der Waals surface area contributed by atoms with E-state index >= 15 is 0 Å². The number of hydrogen-bond donors (Lipinski definition) is 3. The average molecular weight is 263 g/mol. The Morgan fingerprint density at radius 2 is 2.44 bits per heavy atom. The topological polar surface area (TPSA) is 70.6 Å². The molecule has 6 heteroatoms. The summed E-state index contributed by atoms with van der Waals surface area (Å²) >= 11 is 4.08. The van der Waals surface area contributed by atoms with E-state index in [4.69, 9.17) is 10.9 Å². The quantitative estimate of drug-likeness (QED) is 0.292. The number of oxime groups is 1. The maximum Gasteiger partial charge on any atom is 0.140 e. The van der Waals surface area contributed by atoms with Crippen molar-refractivity contribution in [3.8, 4) is 0 Å². The van der Waals surface area contributed by atoms with Gasteiger partial charge >= 0.3 is 0 Å². The Bertz CT molecular complexity index is 220. The smallest absolute Gasteiger partial charge is 0.140 e. The largest absolute Gasteiger partial charge is 0.409 e. The zero-order valence-electron chi connectivity index (χ0n) is 9.69. The highest BCUT2D eigenvalue weighted by Crippen LogP contribution is 2.23. The molecule has 16 heavy (non-hydrogen) atoms. The third-order valence-electron chi connectivity index (χ3n) is 2.60. The minimum atomic E-state index is 0.310. The summed E-state index contributed by atoms with van der Waals surface area (Å²) in [5.41, 5.74) is 5.51. The molecule has 0 radical (unpaired) electrons. The van der Waals surface area contributed by atoms with Crippen molar-refractivity contribution < 1.29 is 5.21 Å². The van der Waals surface area contributed by atoms with E-state index in [-0.39, 0.29) is 0 Å². The molecule has 94 valence electrons. The van der Waals surface area contributed by atoms with Crippen LogP contribution >= 0.6 is 23.5 Å². The highest BCUT2D eigenvalue weighted by molar-refractivity contribution is 8.06. The van der Waals surface area contributed by atoms with E-state index < -0.39 is 0 Å². The number of nitrogens with two attached hydrogens (primary N) is 1. The van der Waals surface area contributed by atoms with Crippen molar-refractivity contribution in [2.24, 2.45) is 10.9 Å². The Hall–Kier alpha value is -0.0700. The molecule has 2 unspecified atom stereocenters. The van der Waals surface area contributed by atoms with Crippen molar-refractivity contribution in [2.75, 3.05) is 23.8 Å². The summed E-state index contributed by atoms with van der Waals surface area (Å²) in [5.74, 6) is 4.08. The predicted molar refractivity (Wildman–Crippen MR) is 73.7 cm³/mol. The fraction of sp³-hybridized carbons (Fsp3) is 0.900. The molecule has 1 saturated heterocycles. The van der Waals surface area contributed by atoms with E-state index in [1.165, 1.54) is 17.3 Å². The van der Waals surface area contributed by atoms with Crippen LogP contribution in [0.3, 0.4) is 0 Å². The summed E-state index contributed by atoms with van der Waals surface area (Å²) in [7, 11) is 0. The van der Waals surface area contributed by atoms with E-state index in [9.17, 15) is 0 Å². The highest BCUT2D eigenvalue weighted by atomic mass is 32.2. The van der Waals surface area contributed by atoms with Crippen LogP contribution in [0.2, 0.25) is 0 Å². The lowest BCUT2D eigenvalue weighted by Crippen LogP contribution is -2.38. The van der Waals surface area contributed by atoms with Crippen molar-refractivity contribution in [3.63, 3.8) is 0 Å². The van der Waals surface area contributed by atoms with Gasteiger partial charge in [-0.3, -0.25) is 0 Å². The summed E-state index contributed by atoms with van der Waals surface area (Å²) in [6, 6.07) is 0.323. The second kappa shape index (κ2) is 8.08. The Balaban J connectivity index is 2.22. The van der Waals surface area contributed by atoms with E-state index in [0.29, 0.717) is 23.5 Å². The lowest BCUT2D eigenvalue weighted by Gasteiger charge is -2.24. The SMILES string of the molecule is CCC(CC(N)=NO)NCC1CSCCS1. The molecule has 0 amide bonds. The van der Waals surface area contributed by atoms with Gasteiger partial charge in [-0.1, -0.05) is 12.1 Å². The van der Waals surface area contributed by atoms with E-state index in [2.05, 4.69) is 17.4 Å². The Kier molecular flexibility index (Phi) is 7.07.